The highest BCUT2D eigenvalue weighted by Gasteiger charge is 2.25. The first-order valence-corrected chi connectivity index (χ1v) is 8.76. The highest BCUT2D eigenvalue weighted by Crippen LogP contribution is 2.20. The van der Waals surface area contributed by atoms with Gasteiger partial charge in [0.2, 0.25) is 10.0 Å². The first-order valence-electron chi connectivity index (χ1n) is 6.23. The maximum absolute atomic E-state index is 12.1. The van der Waals surface area contributed by atoms with Crippen molar-refractivity contribution in [3.63, 3.8) is 0 Å². The van der Waals surface area contributed by atoms with E-state index in [1.165, 1.54) is 11.3 Å². The largest absolute Gasteiger partial charge is 0.313 e. The number of hydrogen-bond donors (Lipinski definition) is 2. The van der Waals surface area contributed by atoms with Gasteiger partial charge in [0.1, 0.15) is 5.01 Å². The average molecular weight is 289 g/mol. The maximum atomic E-state index is 12.1. The van der Waals surface area contributed by atoms with Crippen LogP contribution in [0, 0.1) is 0 Å². The topological polar surface area (TPSA) is 71.1 Å². The van der Waals surface area contributed by atoms with E-state index in [0.29, 0.717) is 6.42 Å². The van der Waals surface area contributed by atoms with Crippen LogP contribution in [-0.2, 0) is 10.0 Å². The van der Waals surface area contributed by atoms with Crippen LogP contribution in [0.25, 0.3) is 0 Å². The fraction of sp³-hybridized carbons (Fsp3) is 0.727. The number of hydrogen-bond acceptors (Lipinski definition) is 5. The Balaban J connectivity index is 1.97. The fourth-order valence-electron chi connectivity index (χ4n) is 2.14. The Bertz CT molecular complexity index is 453. The molecular formula is C11H19N3O2S2. The molecule has 2 unspecified atom stereocenters. The summed E-state index contributed by atoms with van der Waals surface area (Å²) in [5.74, 6) is 0.162. The summed E-state index contributed by atoms with van der Waals surface area (Å²) in [6.45, 7) is 2.88. The van der Waals surface area contributed by atoms with Gasteiger partial charge < -0.3 is 5.32 Å². The molecule has 2 atom stereocenters. The lowest BCUT2D eigenvalue weighted by molar-refractivity contribution is 0.536. The molecule has 0 aromatic carbocycles. The lowest BCUT2D eigenvalue weighted by atomic mass is 10.2. The highest BCUT2D eigenvalue weighted by atomic mass is 32.2. The minimum atomic E-state index is -3.25. The molecule has 7 heteroatoms. The van der Waals surface area contributed by atoms with Crippen molar-refractivity contribution in [2.24, 2.45) is 0 Å². The molecule has 2 heterocycles. The van der Waals surface area contributed by atoms with Crippen LogP contribution < -0.4 is 10.0 Å². The number of sulfonamides is 1. The zero-order chi connectivity index (χ0) is 13.0. The standard InChI is InChI=1S/C11H19N3O2S2/c1-2-10(11-13-6-7-17-11)14-18(15,16)8-9-4-3-5-12-9/h6-7,9-10,12,14H,2-5,8H2,1H3. The first-order chi connectivity index (χ1) is 8.61. The van der Waals surface area contributed by atoms with Crippen molar-refractivity contribution in [1.29, 1.82) is 0 Å². The van der Waals surface area contributed by atoms with E-state index in [1.54, 1.807) is 6.20 Å². The molecule has 0 aliphatic carbocycles. The summed E-state index contributed by atoms with van der Waals surface area (Å²) in [5, 5.41) is 5.91. The summed E-state index contributed by atoms with van der Waals surface area (Å²) >= 11 is 1.49. The van der Waals surface area contributed by atoms with Crippen LogP contribution in [0.1, 0.15) is 37.2 Å². The lowest BCUT2D eigenvalue weighted by Gasteiger charge is -2.17. The Morgan fingerprint density at radius 1 is 1.67 bits per heavy atom. The molecule has 1 aromatic rings. The van der Waals surface area contributed by atoms with Gasteiger partial charge in [0.15, 0.2) is 0 Å². The van der Waals surface area contributed by atoms with Gasteiger partial charge in [-0.3, -0.25) is 0 Å². The Morgan fingerprint density at radius 2 is 2.50 bits per heavy atom. The van der Waals surface area contributed by atoms with Crippen LogP contribution in [0.15, 0.2) is 11.6 Å². The molecule has 0 amide bonds. The van der Waals surface area contributed by atoms with Crippen LogP contribution in [0.5, 0.6) is 0 Å². The number of aromatic nitrogens is 1. The lowest BCUT2D eigenvalue weighted by Crippen LogP contribution is -2.38. The Hall–Kier alpha value is -0.500. The number of nitrogens with zero attached hydrogens (tertiary/aromatic N) is 1. The van der Waals surface area contributed by atoms with E-state index in [9.17, 15) is 8.42 Å². The second-order valence-corrected chi connectivity index (χ2v) is 7.25. The highest BCUT2D eigenvalue weighted by molar-refractivity contribution is 7.89. The minimum Gasteiger partial charge on any atom is -0.313 e. The van der Waals surface area contributed by atoms with Crippen LogP contribution >= 0.6 is 11.3 Å². The summed E-state index contributed by atoms with van der Waals surface area (Å²) in [5.41, 5.74) is 0. The van der Waals surface area contributed by atoms with Crippen molar-refractivity contribution in [1.82, 2.24) is 15.0 Å². The fourth-order valence-corrected chi connectivity index (χ4v) is 4.61. The molecule has 1 aliphatic rings. The maximum Gasteiger partial charge on any atom is 0.213 e. The van der Waals surface area contributed by atoms with E-state index in [0.717, 1.165) is 24.4 Å². The third-order valence-corrected chi connectivity index (χ3v) is 5.44. The summed E-state index contributed by atoms with van der Waals surface area (Å²) in [7, 11) is -3.25. The van der Waals surface area contributed by atoms with Crippen molar-refractivity contribution < 1.29 is 8.42 Å². The van der Waals surface area contributed by atoms with E-state index in [1.807, 2.05) is 12.3 Å². The number of nitrogens with one attached hydrogen (secondary N) is 2. The molecule has 0 radical (unpaired) electrons. The van der Waals surface area contributed by atoms with Gasteiger partial charge in [0.05, 0.1) is 11.8 Å². The summed E-state index contributed by atoms with van der Waals surface area (Å²) < 4.78 is 26.9. The summed E-state index contributed by atoms with van der Waals surface area (Å²) in [4.78, 5) is 4.18. The third-order valence-electron chi connectivity index (χ3n) is 3.06. The molecular weight excluding hydrogens is 270 g/mol. The molecule has 102 valence electrons. The van der Waals surface area contributed by atoms with Crippen molar-refractivity contribution >= 4 is 21.4 Å². The molecule has 5 nitrogen and oxygen atoms in total. The monoisotopic (exact) mass is 289 g/mol. The Labute approximate surface area is 112 Å². The Kier molecular flexibility index (Phi) is 4.71. The first kappa shape index (κ1) is 13.9. The van der Waals surface area contributed by atoms with Crippen molar-refractivity contribution in [2.75, 3.05) is 12.3 Å². The van der Waals surface area contributed by atoms with Gasteiger partial charge in [-0.05, 0) is 25.8 Å². The summed E-state index contributed by atoms with van der Waals surface area (Å²) in [6, 6.07) is -0.104. The molecule has 1 saturated heterocycles. The van der Waals surface area contributed by atoms with Crippen molar-refractivity contribution in [3.05, 3.63) is 16.6 Å². The van der Waals surface area contributed by atoms with Crippen LogP contribution in [-0.4, -0.2) is 31.7 Å². The van der Waals surface area contributed by atoms with Gasteiger partial charge in [-0.25, -0.2) is 18.1 Å². The molecule has 1 aromatic heterocycles. The third kappa shape index (κ3) is 3.74. The average Bonchev–Trinajstić information content (AvgIpc) is 2.97. The molecule has 18 heavy (non-hydrogen) atoms. The van der Waals surface area contributed by atoms with Gasteiger partial charge >= 0.3 is 0 Å². The molecule has 2 rings (SSSR count). The van der Waals surface area contributed by atoms with E-state index in [4.69, 9.17) is 0 Å². The van der Waals surface area contributed by atoms with E-state index < -0.39 is 10.0 Å². The van der Waals surface area contributed by atoms with Crippen molar-refractivity contribution in [2.45, 2.75) is 38.3 Å². The molecule has 0 spiro atoms. The minimum absolute atomic E-state index is 0.0938. The zero-order valence-electron chi connectivity index (χ0n) is 10.4. The Morgan fingerprint density at radius 3 is 3.06 bits per heavy atom. The quantitative estimate of drug-likeness (QED) is 0.827. The zero-order valence-corrected chi connectivity index (χ0v) is 12.1. The SMILES string of the molecule is CCC(NS(=O)(=O)CC1CCCN1)c1nccs1. The van der Waals surface area contributed by atoms with Crippen LogP contribution in [0.2, 0.25) is 0 Å². The predicted molar refractivity (Wildman–Crippen MR) is 73.1 cm³/mol. The normalized spacial score (nSPS) is 22.2. The van der Waals surface area contributed by atoms with Crippen LogP contribution in [0.4, 0.5) is 0 Å². The van der Waals surface area contributed by atoms with E-state index in [2.05, 4.69) is 15.0 Å². The van der Waals surface area contributed by atoms with Crippen molar-refractivity contribution in [3.8, 4) is 0 Å². The smallest absolute Gasteiger partial charge is 0.213 e. The predicted octanol–water partition coefficient (Wildman–Crippen LogP) is 1.27. The molecule has 1 aliphatic heterocycles. The van der Waals surface area contributed by atoms with Gasteiger partial charge in [-0.2, -0.15) is 0 Å². The van der Waals surface area contributed by atoms with Crippen LogP contribution in [0.3, 0.4) is 0 Å². The molecule has 0 bridgehead atoms. The second-order valence-electron chi connectivity index (χ2n) is 4.52. The van der Waals surface area contributed by atoms with Gasteiger partial charge in [0, 0.05) is 17.6 Å². The number of rotatable bonds is 6. The summed E-state index contributed by atoms with van der Waals surface area (Å²) in [6.07, 6.45) is 4.42. The van der Waals surface area contributed by atoms with E-state index in [-0.39, 0.29) is 17.8 Å². The van der Waals surface area contributed by atoms with E-state index >= 15 is 0 Å². The van der Waals surface area contributed by atoms with Gasteiger partial charge in [-0.1, -0.05) is 6.92 Å². The van der Waals surface area contributed by atoms with Gasteiger partial charge in [-0.15, -0.1) is 11.3 Å². The molecule has 0 saturated carbocycles. The molecule has 2 N–H and O–H groups in total. The molecule has 1 fully saturated rings. The number of thiazole rings is 1. The van der Waals surface area contributed by atoms with Gasteiger partial charge in [0.25, 0.3) is 0 Å². The second kappa shape index (κ2) is 6.10.